The van der Waals surface area contributed by atoms with Crippen LogP contribution in [0.3, 0.4) is 0 Å². The minimum Gasteiger partial charge on any atom is -0.330 e. The Bertz CT molecular complexity index is 949. The standard InChI is InChI=1S/C26H32Cl2N2O2/c1-5-14-26(4)16-22(19-8-7-9-21(28)15-19)24(18-10-12-20(27)13-11-18)30(25(26)31)23(6-2)17(3)29-32/h5,7-13,15,17,22-24,29,32H,1,6,14,16H2,2-4H3/t17?,22-,23+,24-,26+/m1/s1. The number of halogens is 2. The number of allylic oxidation sites excluding steroid dienone is 1. The molecule has 5 atom stereocenters. The summed E-state index contributed by atoms with van der Waals surface area (Å²) >= 11 is 12.6. The van der Waals surface area contributed by atoms with Crippen LogP contribution in [0.5, 0.6) is 0 Å². The molecule has 1 aliphatic heterocycles. The molecule has 1 fully saturated rings. The molecule has 2 aromatic carbocycles. The van der Waals surface area contributed by atoms with Crippen LogP contribution in [0.15, 0.2) is 61.2 Å². The van der Waals surface area contributed by atoms with Crippen LogP contribution in [0.1, 0.15) is 63.1 Å². The Morgan fingerprint density at radius 1 is 1.22 bits per heavy atom. The summed E-state index contributed by atoms with van der Waals surface area (Å²) in [6.07, 6.45) is 3.75. The molecule has 2 aromatic rings. The van der Waals surface area contributed by atoms with Gasteiger partial charge in [0.2, 0.25) is 5.91 Å². The second-order valence-corrected chi connectivity index (χ2v) is 9.89. The third kappa shape index (κ3) is 4.89. The molecule has 2 N–H and O–H groups in total. The molecule has 0 spiro atoms. The highest BCUT2D eigenvalue weighted by Gasteiger charge is 2.51. The van der Waals surface area contributed by atoms with Gasteiger partial charge in [-0.25, -0.2) is 5.48 Å². The summed E-state index contributed by atoms with van der Waals surface area (Å²) in [6.45, 7) is 9.87. The smallest absolute Gasteiger partial charge is 0.229 e. The molecule has 172 valence electrons. The summed E-state index contributed by atoms with van der Waals surface area (Å²) in [7, 11) is 0. The van der Waals surface area contributed by atoms with Gasteiger partial charge in [0.05, 0.1) is 11.5 Å². The first-order valence-electron chi connectivity index (χ1n) is 11.1. The van der Waals surface area contributed by atoms with Crippen LogP contribution in [0.4, 0.5) is 0 Å². The summed E-state index contributed by atoms with van der Waals surface area (Å²) in [5.74, 6) is 0.0852. The molecule has 4 nitrogen and oxygen atoms in total. The third-order valence-corrected chi connectivity index (χ3v) is 7.23. The molecule has 1 saturated heterocycles. The van der Waals surface area contributed by atoms with Crippen molar-refractivity contribution in [3.05, 3.63) is 82.4 Å². The van der Waals surface area contributed by atoms with Crippen molar-refractivity contribution >= 4 is 29.1 Å². The molecular formula is C26H32Cl2N2O2. The van der Waals surface area contributed by atoms with Crippen molar-refractivity contribution in [1.82, 2.24) is 10.4 Å². The number of piperidine rings is 1. The predicted molar refractivity (Wildman–Crippen MR) is 131 cm³/mol. The van der Waals surface area contributed by atoms with Gasteiger partial charge in [-0.15, -0.1) is 6.58 Å². The molecule has 6 heteroatoms. The average Bonchev–Trinajstić information content (AvgIpc) is 2.77. The second kappa shape index (κ2) is 10.4. The van der Waals surface area contributed by atoms with Gasteiger partial charge in [-0.3, -0.25) is 4.79 Å². The van der Waals surface area contributed by atoms with Gasteiger partial charge in [0, 0.05) is 28.0 Å². The van der Waals surface area contributed by atoms with E-state index in [0.29, 0.717) is 29.3 Å². The van der Waals surface area contributed by atoms with E-state index in [1.165, 1.54) is 0 Å². The number of carbonyl (C=O) groups excluding carboxylic acids is 1. The van der Waals surface area contributed by atoms with Crippen molar-refractivity contribution in [3.8, 4) is 0 Å². The second-order valence-electron chi connectivity index (χ2n) is 9.02. The SMILES string of the molecule is C=CC[C@@]1(C)C[C@H](c2cccc(Cl)c2)[C@@H](c2ccc(Cl)cc2)N([C@@H](CC)C(C)NO)C1=O. The van der Waals surface area contributed by atoms with E-state index in [0.717, 1.165) is 11.1 Å². The molecule has 3 rings (SSSR count). The first-order valence-corrected chi connectivity index (χ1v) is 11.9. The lowest BCUT2D eigenvalue weighted by Gasteiger charge is -2.53. The number of hydrogen-bond acceptors (Lipinski definition) is 3. The number of hydroxylamine groups is 1. The maximum absolute atomic E-state index is 14.1. The Morgan fingerprint density at radius 3 is 2.47 bits per heavy atom. The van der Waals surface area contributed by atoms with Crippen molar-refractivity contribution in [2.45, 2.75) is 64.1 Å². The van der Waals surface area contributed by atoms with Gasteiger partial charge in [-0.05, 0) is 61.6 Å². The van der Waals surface area contributed by atoms with Crippen molar-refractivity contribution in [3.63, 3.8) is 0 Å². The van der Waals surface area contributed by atoms with Crippen molar-refractivity contribution in [2.75, 3.05) is 0 Å². The molecule has 1 unspecified atom stereocenters. The highest BCUT2D eigenvalue weighted by Crippen LogP contribution is 2.52. The fourth-order valence-corrected chi connectivity index (χ4v) is 5.45. The molecule has 1 amide bonds. The van der Waals surface area contributed by atoms with Gasteiger partial charge in [-0.1, -0.05) is 67.4 Å². The summed E-state index contributed by atoms with van der Waals surface area (Å²) < 4.78 is 0. The number of nitrogens with one attached hydrogen (secondary N) is 1. The average molecular weight is 475 g/mol. The van der Waals surface area contributed by atoms with Crippen molar-refractivity contribution in [2.24, 2.45) is 5.41 Å². The van der Waals surface area contributed by atoms with E-state index in [-0.39, 0.29) is 30.0 Å². The first-order chi connectivity index (χ1) is 15.3. The van der Waals surface area contributed by atoms with Crippen LogP contribution in [-0.2, 0) is 4.79 Å². The summed E-state index contributed by atoms with van der Waals surface area (Å²) in [5.41, 5.74) is 3.87. The zero-order valence-electron chi connectivity index (χ0n) is 18.9. The van der Waals surface area contributed by atoms with Gasteiger partial charge in [-0.2, -0.15) is 0 Å². The topological polar surface area (TPSA) is 52.6 Å². The van der Waals surface area contributed by atoms with Gasteiger partial charge < -0.3 is 10.1 Å². The van der Waals surface area contributed by atoms with Gasteiger partial charge in [0.1, 0.15) is 0 Å². The highest BCUT2D eigenvalue weighted by molar-refractivity contribution is 6.30. The maximum Gasteiger partial charge on any atom is 0.229 e. The Morgan fingerprint density at radius 2 is 1.91 bits per heavy atom. The molecule has 32 heavy (non-hydrogen) atoms. The fraction of sp³-hybridized carbons (Fsp3) is 0.423. The molecule has 0 bridgehead atoms. The summed E-state index contributed by atoms with van der Waals surface area (Å²) in [4.78, 5) is 16.1. The minimum atomic E-state index is -0.611. The number of hydrogen-bond donors (Lipinski definition) is 2. The van der Waals surface area contributed by atoms with E-state index >= 15 is 0 Å². The zero-order chi connectivity index (χ0) is 23.5. The molecule has 1 aliphatic rings. The number of benzene rings is 2. The molecular weight excluding hydrogens is 443 g/mol. The minimum absolute atomic E-state index is 0.0115. The lowest BCUT2D eigenvalue weighted by molar-refractivity contribution is -0.156. The number of amides is 1. The highest BCUT2D eigenvalue weighted by atomic mass is 35.5. The Balaban J connectivity index is 2.25. The predicted octanol–water partition coefficient (Wildman–Crippen LogP) is 6.78. The summed E-state index contributed by atoms with van der Waals surface area (Å²) in [6, 6.07) is 14.9. The normalized spacial score (nSPS) is 25.4. The van der Waals surface area contributed by atoms with E-state index in [1.54, 1.807) is 0 Å². The fourth-order valence-electron chi connectivity index (χ4n) is 5.13. The largest absolute Gasteiger partial charge is 0.330 e. The van der Waals surface area contributed by atoms with Crippen molar-refractivity contribution in [1.29, 1.82) is 0 Å². The van der Waals surface area contributed by atoms with Crippen LogP contribution in [0.25, 0.3) is 0 Å². The van der Waals surface area contributed by atoms with Gasteiger partial charge in [0.15, 0.2) is 0 Å². The lowest BCUT2D eigenvalue weighted by atomic mass is 9.67. The quantitative estimate of drug-likeness (QED) is 0.327. The van der Waals surface area contributed by atoms with Gasteiger partial charge in [0.25, 0.3) is 0 Å². The molecule has 1 heterocycles. The molecule has 0 aliphatic carbocycles. The Hall–Kier alpha value is -1.85. The number of rotatable bonds is 8. The van der Waals surface area contributed by atoms with Crippen LogP contribution < -0.4 is 5.48 Å². The van der Waals surface area contributed by atoms with E-state index in [2.05, 4.69) is 18.1 Å². The van der Waals surface area contributed by atoms with E-state index in [9.17, 15) is 10.0 Å². The molecule has 0 radical (unpaired) electrons. The number of nitrogens with zero attached hydrogens (tertiary/aromatic N) is 1. The Kier molecular flexibility index (Phi) is 8.05. The monoisotopic (exact) mass is 474 g/mol. The molecule has 0 aromatic heterocycles. The van der Waals surface area contributed by atoms with E-state index in [1.807, 2.05) is 74.2 Å². The van der Waals surface area contributed by atoms with Crippen LogP contribution in [-0.4, -0.2) is 28.1 Å². The van der Waals surface area contributed by atoms with E-state index in [4.69, 9.17) is 23.2 Å². The van der Waals surface area contributed by atoms with Crippen LogP contribution in [0, 0.1) is 5.41 Å². The maximum atomic E-state index is 14.1. The third-order valence-electron chi connectivity index (χ3n) is 6.74. The van der Waals surface area contributed by atoms with Crippen LogP contribution >= 0.6 is 23.2 Å². The zero-order valence-corrected chi connectivity index (χ0v) is 20.4. The Labute approximate surface area is 201 Å². The van der Waals surface area contributed by atoms with E-state index < -0.39 is 5.41 Å². The summed E-state index contributed by atoms with van der Waals surface area (Å²) in [5, 5.41) is 11.1. The number of carbonyl (C=O) groups is 1. The molecule has 0 saturated carbocycles. The van der Waals surface area contributed by atoms with Gasteiger partial charge >= 0.3 is 0 Å². The first kappa shape index (κ1) is 24.8. The number of likely N-dealkylation sites (tertiary alicyclic amines) is 1. The van der Waals surface area contributed by atoms with Crippen molar-refractivity contribution < 1.29 is 10.0 Å². The van der Waals surface area contributed by atoms with Crippen LogP contribution in [0.2, 0.25) is 10.0 Å². The lowest BCUT2D eigenvalue weighted by Crippen LogP contribution is -2.59.